The van der Waals surface area contributed by atoms with Crippen LogP contribution in [0.5, 0.6) is 0 Å². The van der Waals surface area contributed by atoms with Crippen LogP contribution >= 0.6 is 0 Å². The first-order valence-electron chi connectivity index (χ1n) is 6.99. The van der Waals surface area contributed by atoms with Crippen molar-refractivity contribution in [2.75, 3.05) is 18.5 Å². The lowest BCUT2D eigenvalue weighted by Gasteiger charge is -2.21. The van der Waals surface area contributed by atoms with Crippen LogP contribution in [0, 0.1) is 0 Å². The Morgan fingerprint density at radius 1 is 1.35 bits per heavy atom. The molecule has 1 aromatic carbocycles. The number of benzene rings is 1. The number of fused-ring (bicyclic) bond motifs is 1. The Hall–Kier alpha value is -1.88. The maximum absolute atomic E-state index is 12.3. The Morgan fingerprint density at radius 3 is 3.00 bits per heavy atom. The van der Waals surface area contributed by atoms with E-state index in [1.54, 1.807) is 4.90 Å². The summed E-state index contributed by atoms with van der Waals surface area (Å²) in [4.78, 5) is 25.8. The molecule has 3 rings (SSSR count). The number of para-hydroxylation sites is 1. The van der Waals surface area contributed by atoms with Crippen LogP contribution in [0.25, 0.3) is 0 Å². The molecule has 1 N–H and O–H groups in total. The fourth-order valence-electron chi connectivity index (χ4n) is 2.71. The smallest absolute Gasteiger partial charge is 0.244 e. The zero-order chi connectivity index (χ0) is 13.9. The summed E-state index contributed by atoms with van der Waals surface area (Å²) >= 11 is 0. The number of carbonyl (C=O) groups is 2. The highest BCUT2D eigenvalue weighted by atomic mass is 16.5. The fraction of sp³-hybridized carbons (Fsp3) is 0.467. The predicted molar refractivity (Wildman–Crippen MR) is 74.1 cm³/mol. The Morgan fingerprint density at radius 2 is 2.20 bits per heavy atom. The van der Waals surface area contributed by atoms with E-state index in [0.29, 0.717) is 13.0 Å². The summed E-state index contributed by atoms with van der Waals surface area (Å²) in [7, 11) is 0. The van der Waals surface area contributed by atoms with E-state index in [4.69, 9.17) is 4.74 Å². The number of rotatable bonds is 2. The lowest BCUT2D eigenvalue weighted by Crippen LogP contribution is -2.36. The molecular formula is C15H18N2O3. The van der Waals surface area contributed by atoms with Crippen LogP contribution in [0.3, 0.4) is 0 Å². The third-order valence-corrected chi connectivity index (χ3v) is 3.77. The van der Waals surface area contributed by atoms with Crippen molar-refractivity contribution < 1.29 is 14.3 Å². The molecule has 1 fully saturated rings. The van der Waals surface area contributed by atoms with Gasteiger partial charge in [0.05, 0.1) is 12.5 Å². The van der Waals surface area contributed by atoms with Crippen molar-refractivity contribution in [3.8, 4) is 0 Å². The highest BCUT2D eigenvalue weighted by molar-refractivity contribution is 5.96. The molecule has 5 heteroatoms. The molecule has 0 aromatic heterocycles. The van der Waals surface area contributed by atoms with Gasteiger partial charge >= 0.3 is 0 Å². The normalized spacial score (nSPS) is 22.1. The fourth-order valence-corrected chi connectivity index (χ4v) is 2.71. The van der Waals surface area contributed by atoms with Gasteiger partial charge in [-0.25, -0.2) is 0 Å². The van der Waals surface area contributed by atoms with Gasteiger partial charge in [0.1, 0.15) is 6.54 Å². The first kappa shape index (κ1) is 13.1. The van der Waals surface area contributed by atoms with Crippen molar-refractivity contribution in [2.45, 2.75) is 31.9 Å². The Labute approximate surface area is 117 Å². The molecule has 1 saturated heterocycles. The number of hydrogen-bond acceptors (Lipinski definition) is 3. The van der Waals surface area contributed by atoms with Crippen LogP contribution < -0.4 is 5.32 Å². The van der Waals surface area contributed by atoms with Crippen LogP contribution in [0.1, 0.15) is 24.8 Å². The van der Waals surface area contributed by atoms with Crippen molar-refractivity contribution in [1.82, 2.24) is 4.90 Å². The summed E-state index contributed by atoms with van der Waals surface area (Å²) in [6, 6.07) is 7.59. The standard InChI is InChI=1S/C15H18N2O3/c18-14-10-17(15(19)8-12-5-3-7-20-12)9-11-4-1-2-6-13(11)16-14/h1-2,4,6,12H,3,5,7-10H2,(H,16,18). The molecule has 2 aliphatic rings. The highest BCUT2D eigenvalue weighted by Crippen LogP contribution is 2.22. The third-order valence-electron chi connectivity index (χ3n) is 3.77. The maximum atomic E-state index is 12.3. The number of amides is 2. The number of hydrogen-bond donors (Lipinski definition) is 1. The molecule has 2 amide bonds. The first-order valence-corrected chi connectivity index (χ1v) is 6.99. The van der Waals surface area contributed by atoms with Gasteiger partial charge in [0.15, 0.2) is 0 Å². The van der Waals surface area contributed by atoms with Crippen LogP contribution in [0.2, 0.25) is 0 Å². The average molecular weight is 274 g/mol. The van der Waals surface area contributed by atoms with Gasteiger partial charge in [0, 0.05) is 18.8 Å². The minimum absolute atomic E-state index is 0.0104. The topological polar surface area (TPSA) is 58.6 Å². The number of carbonyl (C=O) groups excluding carboxylic acids is 2. The SMILES string of the molecule is O=C1CN(C(=O)CC2CCCO2)Cc2ccccc2N1. The number of ether oxygens (including phenoxy) is 1. The Bertz CT molecular complexity index is 524. The van der Waals surface area contributed by atoms with E-state index in [1.165, 1.54) is 0 Å². The lowest BCUT2D eigenvalue weighted by molar-refractivity contribution is -0.137. The van der Waals surface area contributed by atoms with Crippen LogP contribution in [0.15, 0.2) is 24.3 Å². The molecule has 1 unspecified atom stereocenters. The molecule has 0 aliphatic carbocycles. The molecule has 5 nitrogen and oxygen atoms in total. The zero-order valence-corrected chi connectivity index (χ0v) is 11.3. The third kappa shape index (κ3) is 2.82. The van der Waals surface area contributed by atoms with E-state index in [0.717, 1.165) is 30.7 Å². The summed E-state index contributed by atoms with van der Waals surface area (Å²) in [6.45, 7) is 1.32. The molecule has 20 heavy (non-hydrogen) atoms. The summed E-state index contributed by atoms with van der Waals surface area (Å²) < 4.78 is 5.49. The monoisotopic (exact) mass is 274 g/mol. The van der Waals surface area contributed by atoms with Crippen molar-refractivity contribution in [2.24, 2.45) is 0 Å². The number of nitrogens with one attached hydrogen (secondary N) is 1. The van der Waals surface area contributed by atoms with E-state index >= 15 is 0 Å². The minimum Gasteiger partial charge on any atom is -0.378 e. The number of nitrogens with zero attached hydrogens (tertiary/aromatic N) is 1. The molecule has 2 aliphatic heterocycles. The second-order valence-electron chi connectivity index (χ2n) is 5.29. The lowest BCUT2D eigenvalue weighted by atomic mass is 10.1. The average Bonchev–Trinajstić information content (AvgIpc) is 2.86. The van der Waals surface area contributed by atoms with Gasteiger partial charge in [-0.1, -0.05) is 18.2 Å². The van der Waals surface area contributed by atoms with Crippen molar-refractivity contribution in [3.63, 3.8) is 0 Å². The van der Waals surface area contributed by atoms with Crippen LogP contribution in [-0.2, 0) is 20.9 Å². The van der Waals surface area contributed by atoms with Crippen molar-refractivity contribution in [1.29, 1.82) is 0 Å². The van der Waals surface area contributed by atoms with Crippen molar-refractivity contribution in [3.05, 3.63) is 29.8 Å². The van der Waals surface area contributed by atoms with Crippen molar-refractivity contribution >= 4 is 17.5 Å². The molecule has 1 aromatic rings. The van der Waals surface area contributed by atoms with Gasteiger partial charge in [-0.05, 0) is 24.5 Å². The molecule has 106 valence electrons. The largest absolute Gasteiger partial charge is 0.378 e. The van der Waals surface area contributed by atoms with Gasteiger partial charge < -0.3 is 15.0 Å². The number of anilines is 1. The predicted octanol–water partition coefficient (Wildman–Crippen LogP) is 1.54. The van der Waals surface area contributed by atoms with E-state index < -0.39 is 0 Å². The minimum atomic E-state index is -0.143. The summed E-state index contributed by atoms with van der Waals surface area (Å²) in [5.74, 6) is -0.153. The van der Waals surface area contributed by atoms with Gasteiger partial charge in [0.25, 0.3) is 0 Å². The van der Waals surface area contributed by atoms with E-state index in [-0.39, 0.29) is 24.5 Å². The van der Waals surface area contributed by atoms with Crippen LogP contribution in [-0.4, -0.2) is 36.0 Å². The molecule has 0 spiro atoms. The maximum Gasteiger partial charge on any atom is 0.244 e. The second kappa shape index (κ2) is 5.63. The highest BCUT2D eigenvalue weighted by Gasteiger charge is 2.26. The molecule has 0 bridgehead atoms. The van der Waals surface area contributed by atoms with Crippen LogP contribution in [0.4, 0.5) is 5.69 Å². The molecular weight excluding hydrogens is 256 g/mol. The van der Waals surface area contributed by atoms with Gasteiger partial charge in [-0.2, -0.15) is 0 Å². The second-order valence-corrected chi connectivity index (χ2v) is 5.29. The quantitative estimate of drug-likeness (QED) is 0.890. The molecule has 1 atom stereocenters. The summed E-state index contributed by atoms with van der Waals surface area (Å²) in [5, 5.41) is 2.84. The zero-order valence-electron chi connectivity index (χ0n) is 11.3. The molecule has 2 heterocycles. The molecule has 0 saturated carbocycles. The summed E-state index contributed by atoms with van der Waals surface area (Å²) in [6.07, 6.45) is 2.34. The van der Waals surface area contributed by atoms with E-state index in [9.17, 15) is 9.59 Å². The Kier molecular flexibility index (Phi) is 3.69. The van der Waals surface area contributed by atoms with Gasteiger partial charge in [-0.15, -0.1) is 0 Å². The first-order chi connectivity index (χ1) is 9.72. The summed E-state index contributed by atoms with van der Waals surface area (Å²) in [5.41, 5.74) is 1.77. The van der Waals surface area contributed by atoms with E-state index in [1.807, 2.05) is 24.3 Å². The van der Waals surface area contributed by atoms with Gasteiger partial charge in [-0.3, -0.25) is 9.59 Å². The molecule has 0 radical (unpaired) electrons. The van der Waals surface area contributed by atoms with Gasteiger partial charge in [0.2, 0.25) is 11.8 Å². The Balaban J connectivity index is 1.73. The van der Waals surface area contributed by atoms with E-state index in [2.05, 4.69) is 5.32 Å².